The Morgan fingerprint density at radius 2 is 1.21 bits per heavy atom. The lowest BCUT2D eigenvalue weighted by atomic mass is 9.44. The van der Waals surface area contributed by atoms with Crippen molar-refractivity contribution in [1.29, 1.82) is 0 Å². The van der Waals surface area contributed by atoms with Gasteiger partial charge in [0.25, 0.3) is 0 Å². The molecule has 5 rings (SSSR count). The lowest BCUT2D eigenvalue weighted by molar-refractivity contribution is -0.251. The van der Waals surface area contributed by atoms with Gasteiger partial charge in [-0.2, -0.15) is 0 Å². The molecule has 14 atom stereocenters. The maximum Gasteiger partial charge on any atom is 0.407 e. The molecule has 3 amide bonds. The van der Waals surface area contributed by atoms with E-state index in [0.29, 0.717) is 105 Å². The molecular formula is C65H117N3O8. The second kappa shape index (κ2) is 35.5. The summed E-state index contributed by atoms with van der Waals surface area (Å²) in [7, 11) is 0. The molecule has 0 aromatic carbocycles. The molecule has 1 saturated heterocycles. The van der Waals surface area contributed by atoms with Gasteiger partial charge in [0.2, 0.25) is 11.8 Å². The number of amides is 3. The van der Waals surface area contributed by atoms with E-state index in [0.717, 1.165) is 75.7 Å². The van der Waals surface area contributed by atoms with Crippen molar-refractivity contribution >= 4 is 17.9 Å². The van der Waals surface area contributed by atoms with Gasteiger partial charge >= 0.3 is 6.09 Å². The maximum absolute atomic E-state index is 13.0. The van der Waals surface area contributed by atoms with Gasteiger partial charge in [-0.15, -0.1) is 0 Å². The highest BCUT2D eigenvalue weighted by atomic mass is 16.7. The van der Waals surface area contributed by atoms with E-state index < -0.39 is 0 Å². The molecule has 0 aromatic heterocycles. The van der Waals surface area contributed by atoms with Gasteiger partial charge in [0.15, 0.2) is 6.29 Å². The van der Waals surface area contributed by atoms with Gasteiger partial charge in [-0.25, -0.2) is 4.79 Å². The van der Waals surface area contributed by atoms with Crippen LogP contribution in [-0.2, 0) is 33.3 Å². The molecule has 440 valence electrons. The summed E-state index contributed by atoms with van der Waals surface area (Å²) in [6.45, 7) is 23.2. The van der Waals surface area contributed by atoms with Crippen molar-refractivity contribution in [2.24, 2.45) is 64.1 Å². The summed E-state index contributed by atoms with van der Waals surface area (Å²) in [6.07, 6.45) is 39.5. The Balaban J connectivity index is 0.836. The van der Waals surface area contributed by atoms with E-state index in [4.69, 9.17) is 23.7 Å². The third kappa shape index (κ3) is 20.7. The zero-order valence-corrected chi connectivity index (χ0v) is 50.2. The van der Waals surface area contributed by atoms with Crippen LogP contribution in [0.15, 0.2) is 12.2 Å². The zero-order chi connectivity index (χ0) is 54.6. The Hall–Kier alpha value is -2.21. The van der Waals surface area contributed by atoms with Gasteiger partial charge in [0, 0.05) is 38.4 Å². The fourth-order valence-electron chi connectivity index (χ4n) is 15.6. The van der Waals surface area contributed by atoms with E-state index in [1.807, 2.05) is 0 Å². The van der Waals surface area contributed by atoms with Gasteiger partial charge in [0.1, 0.15) is 6.10 Å². The predicted octanol–water partition coefficient (Wildman–Crippen LogP) is 15.1. The molecule has 6 unspecified atom stereocenters. The number of carbonyl (C=O) groups excluding carboxylic acids is 3. The van der Waals surface area contributed by atoms with Gasteiger partial charge < -0.3 is 39.6 Å². The van der Waals surface area contributed by atoms with Crippen molar-refractivity contribution in [2.75, 3.05) is 52.7 Å². The molecule has 1 aliphatic heterocycles. The van der Waals surface area contributed by atoms with Gasteiger partial charge in [-0.05, 0) is 174 Å². The first-order valence-electron chi connectivity index (χ1n) is 32.4. The molecule has 11 heteroatoms. The van der Waals surface area contributed by atoms with E-state index in [9.17, 15) is 14.4 Å². The summed E-state index contributed by atoms with van der Waals surface area (Å²) in [4.78, 5) is 38.3. The average molecular weight is 1070 g/mol. The number of unbranched alkanes of at least 4 members (excludes halogenated alkanes) is 14. The normalized spacial score (nSPS) is 31.6. The van der Waals surface area contributed by atoms with Crippen molar-refractivity contribution in [3.05, 3.63) is 12.2 Å². The maximum atomic E-state index is 13.0. The van der Waals surface area contributed by atoms with Crippen LogP contribution >= 0.6 is 0 Å². The van der Waals surface area contributed by atoms with Crippen LogP contribution in [0.2, 0.25) is 0 Å². The van der Waals surface area contributed by atoms with E-state index in [2.05, 4.69) is 83.5 Å². The molecule has 76 heavy (non-hydrogen) atoms. The number of nitrogens with one attached hydrogen (secondary N) is 3. The molecule has 4 saturated carbocycles. The Bertz CT molecular complexity index is 1640. The van der Waals surface area contributed by atoms with E-state index in [-0.39, 0.29) is 36.4 Å². The number of hydrogen-bond donors (Lipinski definition) is 3. The van der Waals surface area contributed by atoms with Gasteiger partial charge in [-0.3, -0.25) is 9.59 Å². The van der Waals surface area contributed by atoms with E-state index in [1.54, 1.807) is 0 Å². The number of carbonyl (C=O) groups is 3. The second-order valence-electron chi connectivity index (χ2n) is 25.7. The van der Waals surface area contributed by atoms with Crippen LogP contribution in [0.4, 0.5) is 4.79 Å². The minimum absolute atomic E-state index is 0.0470. The molecule has 5 aliphatic rings. The molecule has 3 N–H and O–H groups in total. The van der Waals surface area contributed by atoms with Gasteiger partial charge in [0.05, 0.1) is 39.1 Å². The molecule has 4 aliphatic carbocycles. The summed E-state index contributed by atoms with van der Waals surface area (Å²) in [6, 6.07) is 0. The smallest absolute Gasteiger partial charge is 0.407 e. The number of hydrogen-bond acceptors (Lipinski definition) is 8. The van der Waals surface area contributed by atoms with Crippen molar-refractivity contribution in [2.45, 2.75) is 267 Å². The SMILES string of the molecule is CCCCCCCC/C=C\CCCCCCCCNC(=O)O[C@@H]1CC[C@@]2(C)C(CCC3C2CC[C@@]2(C)C3CC[C@@H]2[C@H](C)CCC(=O)NCCCCCC(=O)NCCOCCOCCO[C@H]2OC(CC)[C@@H](C)[C@H](C)C2C)C1. The number of rotatable bonds is 38. The molecule has 0 bridgehead atoms. The predicted molar refractivity (Wildman–Crippen MR) is 310 cm³/mol. The Morgan fingerprint density at radius 3 is 1.93 bits per heavy atom. The van der Waals surface area contributed by atoms with Crippen molar-refractivity contribution < 1.29 is 38.1 Å². The lowest BCUT2D eigenvalue weighted by Gasteiger charge is -2.61. The highest BCUT2D eigenvalue weighted by molar-refractivity contribution is 5.76. The van der Waals surface area contributed by atoms with Crippen molar-refractivity contribution in [3.8, 4) is 0 Å². The van der Waals surface area contributed by atoms with Crippen LogP contribution < -0.4 is 16.0 Å². The summed E-state index contributed by atoms with van der Waals surface area (Å²) in [5.41, 5.74) is 0.719. The first-order chi connectivity index (χ1) is 36.8. The lowest BCUT2D eigenvalue weighted by Crippen LogP contribution is -2.54. The summed E-state index contributed by atoms with van der Waals surface area (Å²) >= 11 is 0. The minimum atomic E-state index is -0.203. The van der Waals surface area contributed by atoms with Gasteiger partial charge in [-0.1, -0.05) is 132 Å². The van der Waals surface area contributed by atoms with E-state index in [1.165, 1.54) is 128 Å². The number of fused-ring (bicyclic) bond motifs is 5. The standard InChI is InChI=1S/C65H117N3O8/c1-9-11-12-13-14-15-16-17-18-19-20-21-22-23-24-27-41-68-63(71)75-54-36-38-64(7)53(48-54)31-32-55-57-34-33-56(65(57,8)39-37-58(55)64)49(3)30-35-61(70)66-40-28-25-26-29-60(69)67-42-43-72-44-45-73-46-47-74-62-52(6)50(4)51(5)59(10-2)76-62/h17-18,49-59,62H,9-16,19-48H2,1-8H3,(H,66,70)(H,67,69)(H,68,71)/b18-17-/t49-,50+,51+,52?,53?,54-,55?,56-,57?,58?,59?,62+,64+,65-/m1/s1. The monoisotopic (exact) mass is 1070 g/mol. The number of allylic oxidation sites excluding steroid dienone is 2. The molecule has 11 nitrogen and oxygen atoms in total. The number of ether oxygens (including phenoxy) is 5. The average Bonchev–Trinajstić information content (AvgIpc) is 3.80. The first-order valence-corrected chi connectivity index (χ1v) is 32.4. The third-order valence-electron chi connectivity index (χ3n) is 20.7. The Labute approximate surface area is 465 Å². The third-order valence-corrected chi connectivity index (χ3v) is 20.7. The van der Waals surface area contributed by atoms with Crippen LogP contribution in [0.25, 0.3) is 0 Å². The molecule has 0 aromatic rings. The zero-order valence-electron chi connectivity index (χ0n) is 50.2. The van der Waals surface area contributed by atoms with Crippen LogP contribution in [-0.4, -0.2) is 89.1 Å². The fraction of sp³-hybridized carbons (Fsp3) is 0.923. The molecule has 1 heterocycles. The van der Waals surface area contributed by atoms with Crippen molar-refractivity contribution in [1.82, 2.24) is 16.0 Å². The Kier molecular flexibility index (Phi) is 30.2. The molecule has 0 spiro atoms. The first kappa shape index (κ1) is 64.6. The number of alkyl carbamates (subject to hydrolysis) is 1. The molecule has 0 radical (unpaired) electrons. The van der Waals surface area contributed by atoms with Crippen LogP contribution in [0, 0.1) is 64.1 Å². The highest BCUT2D eigenvalue weighted by Gasteiger charge is 2.61. The fourth-order valence-corrected chi connectivity index (χ4v) is 15.6. The Morgan fingerprint density at radius 1 is 0.605 bits per heavy atom. The summed E-state index contributed by atoms with van der Waals surface area (Å²) in [5.74, 6) is 5.92. The van der Waals surface area contributed by atoms with Crippen LogP contribution in [0.1, 0.15) is 248 Å². The quantitative estimate of drug-likeness (QED) is 0.0411. The summed E-state index contributed by atoms with van der Waals surface area (Å²) in [5, 5.41) is 9.22. The highest BCUT2D eigenvalue weighted by Crippen LogP contribution is 2.68. The summed E-state index contributed by atoms with van der Waals surface area (Å²) < 4.78 is 29.7. The van der Waals surface area contributed by atoms with Crippen LogP contribution in [0.5, 0.6) is 0 Å². The van der Waals surface area contributed by atoms with Crippen LogP contribution in [0.3, 0.4) is 0 Å². The molecule has 5 fully saturated rings. The molecular weight excluding hydrogens is 951 g/mol. The second-order valence-corrected chi connectivity index (χ2v) is 25.7. The van der Waals surface area contributed by atoms with Crippen molar-refractivity contribution in [3.63, 3.8) is 0 Å². The largest absolute Gasteiger partial charge is 0.446 e. The minimum Gasteiger partial charge on any atom is -0.446 e. The topological polar surface area (TPSA) is 133 Å². The van der Waals surface area contributed by atoms with E-state index >= 15 is 0 Å².